The first-order chi connectivity index (χ1) is 8.63. The van der Waals surface area contributed by atoms with Crippen LogP contribution in [0.5, 0.6) is 0 Å². The predicted molar refractivity (Wildman–Crippen MR) is 63.3 cm³/mol. The Balaban J connectivity index is 2.12. The van der Waals surface area contributed by atoms with Crippen LogP contribution in [0.3, 0.4) is 0 Å². The minimum absolute atomic E-state index is 0.0527. The zero-order valence-electron chi connectivity index (χ0n) is 9.99. The molecule has 0 saturated carbocycles. The largest absolute Gasteiger partial charge is 0.338 e. The minimum atomic E-state index is -1.36. The van der Waals surface area contributed by atoms with Gasteiger partial charge in [-0.05, 0) is 31.5 Å². The molecule has 5 heteroatoms. The van der Waals surface area contributed by atoms with Gasteiger partial charge in [0, 0.05) is 11.1 Å². The van der Waals surface area contributed by atoms with Crippen molar-refractivity contribution >= 4 is 17.4 Å². The monoisotopic (exact) mass is 247 g/mol. The molecule has 1 amide bonds. The Kier molecular flexibility index (Phi) is 2.46. The Morgan fingerprint density at radius 2 is 2.06 bits per heavy atom. The first-order valence-corrected chi connectivity index (χ1v) is 5.88. The lowest BCUT2D eigenvalue weighted by atomic mass is 10.0. The number of Topliss-reactive ketones (excluding diaryl/α,β-unsaturated/α-hetero) is 1. The average Bonchev–Trinajstić information content (AvgIpc) is 2.63. The number of carbonyl (C=O) groups is 2. The van der Waals surface area contributed by atoms with Crippen molar-refractivity contribution in [1.82, 2.24) is 0 Å². The lowest BCUT2D eigenvalue weighted by Gasteiger charge is -2.31. The molecule has 1 saturated heterocycles. The quantitative estimate of drug-likeness (QED) is 0.762. The van der Waals surface area contributed by atoms with Crippen LogP contribution in [0.4, 0.5) is 5.69 Å². The summed E-state index contributed by atoms with van der Waals surface area (Å²) in [5.41, 5.74) is 1.79. The fourth-order valence-corrected chi connectivity index (χ4v) is 2.29. The lowest BCUT2D eigenvalue weighted by molar-refractivity contribution is -0.255. The molecule has 1 spiro atoms. The van der Waals surface area contributed by atoms with E-state index in [4.69, 9.17) is 9.47 Å². The van der Waals surface area contributed by atoms with Gasteiger partial charge < -0.3 is 14.8 Å². The molecule has 94 valence electrons. The van der Waals surface area contributed by atoms with Crippen LogP contribution in [0.25, 0.3) is 0 Å². The molecule has 0 aromatic heterocycles. The molecule has 0 bridgehead atoms. The van der Waals surface area contributed by atoms with Crippen molar-refractivity contribution in [2.24, 2.45) is 0 Å². The van der Waals surface area contributed by atoms with Gasteiger partial charge in [-0.2, -0.15) is 0 Å². The molecule has 1 fully saturated rings. The maximum Gasteiger partial charge on any atom is 0.289 e. The third-order valence-electron chi connectivity index (χ3n) is 3.23. The molecular formula is C13H13NO4. The van der Waals surface area contributed by atoms with Gasteiger partial charge in [0.2, 0.25) is 0 Å². The number of hydrogen-bond acceptors (Lipinski definition) is 4. The Bertz CT molecular complexity index is 532. The maximum absolute atomic E-state index is 12.0. The molecule has 3 rings (SSSR count). The number of nitrogens with one attached hydrogen (secondary N) is 1. The summed E-state index contributed by atoms with van der Waals surface area (Å²) >= 11 is 0. The second-order valence-corrected chi connectivity index (χ2v) is 4.44. The minimum Gasteiger partial charge on any atom is -0.338 e. The van der Waals surface area contributed by atoms with E-state index in [0.29, 0.717) is 30.0 Å². The standard InChI is InChI=1S/C13H13NO4/c1-8(15)9-3-4-11-10(7-9)13(12(16)14-11)17-5-2-6-18-13/h3-4,7H,2,5-6H2,1H3,(H,14,16). The Morgan fingerprint density at radius 1 is 1.33 bits per heavy atom. The molecule has 1 aromatic carbocycles. The first kappa shape index (κ1) is 11.4. The van der Waals surface area contributed by atoms with Crippen molar-refractivity contribution < 1.29 is 19.1 Å². The van der Waals surface area contributed by atoms with E-state index in [-0.39, 0.29) is 11.7 Å². The van der Waals surface area contributed by atoms with E-state index >= 15 is 0 Å². The summed E-state index contributed by atoms with van der Waals surface area (Å²) < 4.78 is 11.1. The van der Waals surface area contributed by atoms with E-state index in [1.807, 2.05) is 0 Å². The Hall–Kier alpha value is -1.72. The van der Waals surface area contributed by atoms with Crippen molar-refractivity contribution in [3.05, 3.63) is 29.3 Å². The lowest BCUT2D eigenvalue weighted by Crippen LogP contribution is -2.43. The molecule has 1 N–H and O–H groups in total. The number of anilines is 1. The molecule has 0 atom stereocenters. The van der Waals surface area contributed by atoms with Gasteiger partial charge in [0.15, 0.2) is 5.78 Å². The summed E-state index contributed by atoms with van der Waals surface area (Å²) in [6, 6.07) is 5.06. The van der Waals surface area contributed by atoms with Crippen LogP contribution in [-0.4, -0.2) is 24.9 Å². The topological polar surface area (TPSA) is 64.6 Å². The Morgan fingerprint density at radius 3 is 2.72 bits per heavy atom. The van der Waals surface area contributed by atoms with Crippen LogP contribution >= 0.6 is 0 Å². The summed E-state index contributed by atoms with van der Waals surface area (Å²) in [5, 5.41) is 2.72. The van der Waals surface area contributed by atoms with Crippen molar-refractivity contribution in [3.63, 3.8) is 0 Å². The van der Waals surface area contributed by atoms with Gasteiger partial charge in [-0.25, -0.2) is 0 Å². The second-order valence-electron chi connectivity index (χ2n) is 4.44. The second kappa shape index (κ2) is 3.90. The number of carbonyl (C=O) groups excluding carboxylic acids is 2. The number of benzene rings is 1. The van der Waals surface area contributed by atoms with Gasteiger partial charge in [0.1, 0.15) is 0 Å². The van der Waals surface area contributed by atoms with Gasteiger partial charge in [-0.3, -0.25) is 9.59 Å². The number of fused-ring (bicyclic) bond motifs is 2. The van der Waals surface area contributed by atoms with Gasteiger partial charge in [-0.1, -0.05) is 0 Å². The number of ketones is 1. The fourth-order valence-electron chi connectivity index (χ4n) is 2.29. The predicted octanol–water partition coefficient (Wildman–Crippen LogP) is 1.43. The van der Waals surface area contributed by atoms with E-state index < -0.39 is 5.79 Å². The van der Waals surface area contributed by atoms with E-state index in [0.717, 1.165) is 6.42 Å². The molecule has 18 heavy (non-hydrogen) atoms. The van der Waals surface area contributed by atoms with Crippen molar-refractivity contribution in [3.8, 4) is 0 Å². The SMILES string of the molecule is CC(=O)c1ccc2c(c1)C1(OCCCO1)C(=O)N2. The average molecular weight is 247 g/mol. The number of rotatable bonds is 1. The summed E-state index contributed by atoms with van der Waals surface area (Å²) in [4.78, 5) is 23.5. The third kappa shape index (κ3) is 1.48. The van der Waals surface area contributed by atoms with Gasteiger partial charge in [-0.15, -0.1) is 0 Å². The van der Waals surface area contributed by atoms with Gasteiger partial charge in [0.25, 0.3) is 11.7 Å². The number of amides is 1. The first-order valence-electron chi connectivity index (χ1n) is 5.88. The van der Waals surface area contributed by atoms with E-state index in [1.54, 1.807) is 18.2 Å². The summed E-state index contributed by atoms with van der Waals surface area (Å²) in [7, 11) is 0. The van der Waals surface area contributed by atoms with E-state index in [2.05, 4.69) is 5.32 Å². The molecule has 0 radical (unpaired) electrons. The maximum atomic E-state index is 12.0. The molecule has 2 aliphatic rings. The number of ether oxygens (including phenoxy) is 2. The smallest absolute Gasteiger partial charge is 0.289 e. The van der Waals surface area contributed by atoms with Crippen molar-refractivity contribution in [2.45, 2.75) is 19.1 Å². The van der Waals surface area contributed by atoms with E-state index in [9.17, 15) is 9.59 Å². The van der Waals surface area contributed by atoms with Crippen LogP contribution in [0.2, 0.25) is 0 Å². The highest BCUT2D eigenvalue weighted by Crippen LogP contribution is 2.42. The normalized spacial score (nSPS) is 20.6. The fraction of sp³-hybridized carbons (Fsp3) is 0.385. The van der Waals surface area contributed by atoms with Crippen molar-refractivity contribution in [2.75, 3.05) is 18.5 Å². The van der Waals surface area contributed by atoms with Gasteiger partial charge in [0.05, 0.1) is 18.9 Å². The number of hydrogen-bond donors (Lipinski definition) is 1. The highest BCUT2D eigenvalue weighted by molar-refractivity contribution is 6.05. The zero-order valence-corrected chi connectivity index (χ0v) is 9.99. The summed E-state index contributed by atoms with van der Waals surface area (Å²) in [5.74, 6) is -1.74. The van der Waals surface area contributed by atoms with Gasteiger partial charge >= 0.3 is 0 Å². The molecule has 2 aliphatic heterocycles. The highest BCUT2D eigenvalue weighted by Gasteiger charge is 2.51. The molecule has 0 aliphatic carbocycles. The van der Waals surface area contributed by atoms with Crippen LogP contribution in [0, 0.1) is 0 Å². The molecular weight excluding hydrogens is 234 g/mol. The molecule has 5 nitrogen and oxygen atoms in total. The van der Waals surface area contributed by atoms with Crippen molar-refractivity contribution in [1.29, 1.82) is 0 Å². The molecule has 1 aromatic rings. The third-order valence-corrected chi connectivity index (χ3v) is 3.23. The van der Waals surface area contributed by atoms with Crippen LogP contribution in [-0.2, 0) is 20.1 Å². The zero-order chi connectivity index (χ0) is 12.8. The van der Waals surface area contributed by atoms with Crippen LogP contribution in [0.1, 0.15) is 29.3 Å². The molecule has 0 unspecified atom stereocenters. The van der Waals surface area contributed by atoms with Crippen LogP contribution < -0.4 is 5.32 Å². The van der Waals surface area contributed by atoms with E-state index in [1.165, 1.54) is 6.92 Å². The summed E-state index contributed by atoms with van der Waals surface area (Å²) in [6.45, 7) is 2.43. The van der Waals surface area contributed by atoms with Crippen LogP contribution in [0.15, 0.2) is 18.2 Å². The summed E-state index contributed by atoms with van der Waals surface area (Å²) in [6.07, 6.45) is 0.761. The Labute approximate surface area is 104 Å². The highest BCUT2D eigenvalue weighted by atomic mass is 16.7. The molecule has 2 heterocycles.